The van der Waals surface area contributed by atoms with Gasteiger partial charge in [0, 0.05) is 18.2 Å². The van der Waals surface area contributed by atoms with E-state index in [1.54, 1.807) is 18.2 Å². The van der Waals surface area contributed by atoms with Crippen LogP contribution in [0.15, 0.2) is 47.4 Å². The fourth-order valence-corrected chi connectivity index (χ4v) is 3.52. The zero-order chi connectivity index (χ0) is 19.4. The molecule has 1 aliphatic heterocycles. The van der Waals surface area contributed by atoms with Gasteiger partial charge in [0.15, 0.2) is 11.5 Å². The highest BCUT2D eigenvalue weighted by Gasteiger charge is 2.17. The van der Waals surface area contributed by atoms with Crippen molar-refractivity contribution in [1.29, 1.82) is 0 Å². The van der Waals surface area contributed by atoms with Gasteiger partial charge in [-0.2, -0.15) is 0 Å². The average molecular weight is 390 g/mol. The van der Waals surface area contributed by atoms with E-state index in [0.29, 0.717) is 17.1 Å². The first kappa shape index (κ1) is 19.2. The van der Waals surface area contributed by atoms with E-state index in [1.165, 1.54) is 24.3 Å². The summed E-state index contributed by atoms with van der Waals surface area (Å²) >= 11 is 0. The first-order chi connectivity index (χ1) is 12.9. The van der Waals surface area contributed by atoms with Gasteiger partial charge in [-0.05, 0) is 55.3 Å². The molecule has 0 aromatic heterocycles. The topological polar surface area (TPSA) is 93.7 Å². The zero-order valence-corrected chi connectivity index (χ0v) is 16.0. The van der Waals surface area contributed by atoms with Gasteiger partial charge >= 0.3 is 0 Å². The second-order valence-corrected chi connectivity index (χ2v) is 8.09. The largest absolute Gasteiger partial charge is 0.454 e. The van der Waals surface area contributed by atoms with Crippen LogP contribution in [0, 0.1) is 0 Å². The number of nitrogens with one attached hydrogen (secondary N) is 2. The van der Waals surface area contributed by atoms with Crippen molar-refractivity contribution in [3.05, 3.63) is 53.6 Å². The molecule has 1 atom stereocenters. The molecular formula is C19H22N2O5S. The summed E-state index contributed by atoms with van der Waals surface area (Å²) in [7, 11) is -3.70. The summed E-state index contributed by atoms with van der Waals surface area (Å²) in [6.45, 7) is 4.18. The normalized spacial score (nSPS) is 14.0. The van der Waals surface area contributed by atoms with Crippen LogP contribution in [0.3, 0.4) is 0 Å². The molecule has 0 saturated heterocycles. The summed E-state index contributed by atoms with van der Waals surface area (Å²) in [6, 6.07) is 11.2. The van der Waals surface area contributed by atoms with Crippen LogP contribution in [0.25, 0.3) is 0 Å². The van der Waals surface area contributed by atoms with Gasteiger partial charge in [0.2, 0.25) is 16.8 Å². The van der Waals surface area contributed by atoms with Crippen molar-refractivity contribution in [2.24, 2.45) is 0 Å². The second-order valence-electron chi connectivity index (χ2n) is 6.32. The number of sulfonamides is 1. The van der Waals surface area contributed by atoms with Crippen molar-refractivity contribution in [3.63, 3.8) is 0 Å². The maximum Gasteiger partial charge on any atom is 0.251 e. The quantitative estimate of drug-likeness (QED) is 0.757. The van der Waals surface area contributed by atoms with E-state index in [-0.39, 0.29) is 30.2 Å². The van der Waals surface area contributed by atoms with Crippen molar-refractivity contribution in [2.45, 2.75) is 37.8 Å². The summed E-state index contributed by atoms with van der Waals surface area (Å²) in [5.41, 5.74) is 1.18. The maximum atomic E-state index is 12.5. The van der Waals surface area contributed by atoms with Crippen LogP contribution in [0.2, 0.25) is 0 Å². The fraction of sp³-hybridized carbons (Fsp3) is 0.316. The SMILES string of the molecule is CCC(C)NC(=O)c1ccc(S(=O)(=O)NCc2ccc3c(c2)OCO3)cc1. The van der Waals surface area contributed by atoms with Crippen LogP contribution < -0.4 is 19.5 Å². The summed E-state index contributed by atoms with van der Waals surface area (Å²) in [4.78, 5) is 12.2. The Balaban J connectivity index is 1.65. The monoisotopic (exact) mass is 390 g/mol. The van der Waals surface area contributed by atoms with Crippen LogP contribution in [-0.4, -0.2) is 27.2 Å². The third-order valence-electron chi connectivity index (χ3n) is 4.32. The lowest BCUT2D eigenvalue weighted by Gasteiger charge is -2.12. The molecule has 0 aliphatic carbocycles. The Labute approximate surface area is 158 Å². The molecule has 3 rings (SSSR count). The van der Waals surface area contributed by atoms with Crippen molar-refractivity contribution >= 4 is 15.9 Å². The Morgan fingerprint density at radius 1 is 1.11 bits per heavy atom. The molecular weight excluding hydrogens is 368 g/mol. The number of hydrogen-bond donors (Lipinski definition) is 2. The van der Waals surface area contributed by atoms with E-state index in [4.69, 9.17) is 9.47 Å². The Hall–Kier alpha value is -2.58. The molecule has 0 bridgehead atoms. The second kappa shape index (κ2) is 7.98. The fourth-order valence-electron chi connectivity index (χ4n) is 2.51. The molecule has 1 amide bonds. The van der Waals surface area contributed by atoms with Crippen LogP contribution in [0.4, 0.5) is 0 Å². The molecule has 2 aromatic carbocycles. The van der Waals surface area contributed by atoms with Gasteiger partial charge in [-0.15, -0.1) is 0 Å². The zero-order valence-electron chi connectivity index (χ0n) is 15.2. The van der Waals surface area contributed by atoms with E-state index >= 15 is 0 Å². The number of amides is 1. The summed E-state index contributed by atoms with van der Waals surface area (Å²) in [5.74, 6) is 1.03. The smallest absolute Gasteiger partial charge is 0.251 e. The summed E-state index contributed by atoms with van der Waals surface area (Å²) in [6.07, 6.45) is 0.821. The number of carbonyl (C=O) groups is 1. The maximum absolute atomic E-state index is 12.5. The molecule has 1 unspecified atom stereocenters. The Bertz CT molecular complexity index is 926. The number of carbonyl (C=O) groups excluding carboxylic acids is 1. The van der Waals surface area contributed by atoms with Gasteiger partial charge in [-0.1, -0.05) is 13.0 Å². The van der Waals surface area contributed by atoms with Crippen molar-refractivity contribution < 1.29 is 22.7 Å². The first-order valence-electron chi connectivity index (χ1n) is 8.68. The van der Waals surface area contributed by atoms with E-state index < -0.39 is 10.0 Å². The number of hydrogen-bond acceptors (Lipinski definition) is 5. The number of fused-ring (bicyclic) bond motifs is 1. The highest BCUT2D eigenvalue weighted by Crippen LogP contribution is 2.32. The molecule has 8 heteroatoms. The Morgan fingerprint density at radius 3 is 2.52 bits per heavy atom. The van der Waals surface area contributed by atoms with Gasteiger partial charge in [0.05, 0.1) is 4.90 Å². The van der Waals surface area contributed by atoms with Gasteiger partial charge in [0.25, 0.3) is 5.91 Å². The molecule has 0 spiro atoms. The van der Waals surface area contributed by atoms with E-state index in [0.717, 1.165) is 12.0 Å². The molecule has 27 heavy (non-hydrogen) atoms. The van der Waals surface area contributed by atoms with Crippen molar-refractivity contribution in [2.75, 3.05) is 6.79 Å². The number of rotatable bonds is 7. The van der Waals surface area contributed by atoms with E-state index in [1.807, 2.05) is 13.8 Å². The molecule has 1 aliphatic rings. The standard InChI is InChI=1S/C19H22N2O5S/c1-3-13(2)21-19(22)15-5-7-16(8-6-15)27(23,24)20-11-14-4-9-17-18(10-14)26-12-25-17/h4-10,13,20H,3,11-12H2,1-2H3,(H,21,22). The minimum atomic E-state index is -3.70. The summed E-state index contributed by atoms with van der Waals surface area (Å²) in [5, 5.41) is 2.85. The van der Waals surface area contributed by atoms with Gasteiger partial charge in [-0.3, -0.25) is 4.79 Å². The molecule has 2 aromatic rings. The predicted octanol–water partition coefficient (Wildman–Crippen LogP) is 2.42. The molecule has 7 nitrogen and oxygen atoms in total. The van der Waals surface area contributed by atoms with Crippen LogP contribution in [0.1, 0.15) is 36.2 Å². The van der Waals surface area contributed by atoms with E-state index in [9.17, 15) is 13.2 Å². The average Bonchev–Trinajstić information content (AvgIpc) is 3.14. The van der Waals surface area contributed by atoms with Crippen LogP contribution in [0.5, 0.6) is 11.5 Å². The van der Waals surface area contributed by atoms with Gasteiger partial charge in [0.1, 0.15) is 0 Å². The Morgan fingerprint density at radius 2 is 1.81 bits per heavy atom. The lowest BCUT2D eigenvalue weighted by molar-refractivity contribution is 0.0939. The third-order valence-corrected chi connectivity index (χ3v) is 5.74. The molecule has 0 fully saturated rings. The van der Waals surface area contributed by atoms with Gasteiger partial charge in [-0.25, -0.2) is 13.1 Å². The highest BCUT2D eigenvalue weighted by molar-refractivity contribution is 7.89. The minimum Gasteiger partial charge on any atom is -0.454 e. The number of benzene rings is 2. The van der Waals surface area contributed by atoms with Crippen LogP contribution >= 0.6 is 0 Å². The molecule has 0 saturated carbocycles. The lowest BCUT2D eigenvalue weighted by Crippen LogP contribution is -2.32. The van der Waals surface area contributed by atoms with Crippen LogP contribution in [-0.2, 0) is 16.6 Å². The number of ether oxygens (including phenoxy) is 2. The summed E-state index contributed by atoms with van der Waals surface area (Å²) < 4.78 is 38.0. The minimum absolute atomic E-state index is 0.0595. The van der Waals surface area contributed by atoms with Crippen molar-refractivity contribution in [3.8, 4) is 11.5 Å². The van der Waals surface area contributed by atoms with E-state index in [2.05, 4.69) is 10.0 Å². The molecule has 0 radical (unpaired) electrons. The predicted molar refractivity (Wildman–Crippen MR) is 100 cm³/mol. The molecule has 2 N–H and O–H groups in total. The Kier molecular flexibility index (Phi) is 5.67. The molecule has 144 valence electrons. The highest BCUT2D eigenvalue weighted by atomic mass is 32.2. The first-order valence-corrected chi connectivity index (χ1v) is 10.2. The van der Waals surface area contributed by atoms with Gasteiger partial charge < -0.3 is 14.8 Å². The third kappa shape index (κ3) is 4.58. The molecule has 1 heterocycles. The lowest BCUT2D eigenvalue weighted by atomic mass is 10.2. The van der Waals surface area contributed by atoms with Crippen molar-refractivity contribution in [1.82, 2.24) is 10.0 Å².